The number of hydrogen-bond acceptors (Lipinski definition) is 9. The van der Waals surface area contributed by atoms with E-state index < -0.39 is 17.3 Å². The van der Waals surface area contributed by atoms with Crippen LogP contribution in [0.15, 0.2) is 96.1 Å². The molecule has 4 heterocycles. The Balaban J connectivity index is 1.08. The van der Waals surface area contributed by atoms with Crippen molar-refractivity contribution in [2.24, 2.45) is 0 Å². The van der Waals surface area contributed by atoms with Crippen LogP contribution in [0.4, 0.5) is 10.1 Å². The Morgan fingerprint density at radius 2 is 1.67 bits per heavy atom. The summed E-state index contributed by atoms with van der Waals surface area (Å²) in [5.74, 6) is 0.563. The third kappa shape index (κ3) is 7.38. The SMILES string of the molecule is COc1ccc(-n2c(=O)c(C(=O)Nc3ccc(Oc4ccnc5cc(OCCCN6CCCCC6)c(OC)cc45)c(F)c3)cc3cccnc32)cc1. The molecule has 1 saturated heterocycles. The number of likely N-dealkylation sites (tertiary alicyclic amines) is 1. The molecule has 0 bridgehead atoms. The Hall–Kier alpha value is -6.01. The van der Waals surface area contributed by atoms with E-state index in [-0.39, 0.29) is 17.0 Å². The van der Waals surface area contributed by atoms with Crippen molar-refractivity contribution in [1.29, 1.82) is 0 Å². The van der Waals surface area contributed by atoms with Crippen molar-refractivity contribution in [3.05, 3.63) is 113 Å². The first-order valence-corrected chi connectivity index (χ1v) is 17.2. The number of carbonyl (C=O) groups is 1. The summed E-state index contributed by atoms with van der Waals surface area (Å²) in [6.07, 6.45) is 7.85. The number of pyridine rings is 3. The number of hydrogen-bond donors (Lipinski definition) is 1. The molecule has 1 fully saturated rings. The van der Waals surface area contributed by atoms with E-state index in [1.165, 1.54) is 42.0 Å². The minimum atomic E-state index is -0.721. The van der Waals surface area contributed by atoms with Gasteiger partial charge in [-0.15, -0.1) is 0 Å². The number of methoxy groups -OCH3 is 2. The lowest BCUT2D eigenvalue weighted by Crippen LogP contribution is -2.31. The third-order valence-corrected chi connectivity index (χ3v) is 9.06. The molecule has 3 aromatic carbocycles. The highest BCUT2D eigenvalue weighted by atomic mass is 19.1. The topological polar surface area (TPSA) is 117 Å². The first kappa shape index (κ1) is 34.4. The summed E-state index contributed by atoms with van der Waals surface area (Å²) in [4.78, 5) is 38.5. The standard InChI is InChI=1S/C40H38FN5O6/c1-49-29-12-10-28(11-13-29)46-38-26(8-6-16-43-38)22-31(40(46)48)39(47)44-27-9-14-35(32(41)23-27)52-34-15-17-42-33-25-37(36(50-2)24-30(33)34)51-21-7-20-45-18-4-3-5-19-45/h6,8-17,22-25H,3-5,7,18-21H2,1-2H3,(H,44,47). The van der Waals surface area contributed by atoms with Crippen molar-refractivity contribution in [2.45, 2.75) is 25.7 Å². The van der Waals surface area contributed by atoms with Gasteiger partial charge in [0.05, 0.1) is 32.0 Å². The molecular formula is C40H38FN5O6. The lowest BCUT2D eigenvalue weighted by atomic mass is 10.1. The van der Waals surface area contributed by atoms with Crippen LogP contribution in [0.1, 0.15) is 36.0 Å². The van der Waals surface area contributed by atoms with Gasteiger partial charge in [-0.2, -0.15) is 0 Å². The highest BCUT2D eigenvalue weighted by molar-refractivity contribution is 6.05. The number of benzene rings is 3. The van der Waals surface area contributed by atoms with Crippen LogP contribution in [0.3, 0.4) is 0 Å². The van der Waals surface area contributed by atoms with E-state index in [2.05, 4.69) is 20.2 Å². The highest BCUT2D eigenvalue weighted by Crippen LogP contribution is 2.38. The fourth-order valence-electron chi connectivity index (χ4n) is 6.40. The summed E-state index contributed by atoms with van der Waals surface area (Å²) in [5.41, 5.74) is 0.902. The van der Waals surface area contributed by atoms with Crippen molar-refractivity contribution in [2.75, 3.05) is 45.8 Å². The Kier molecular flexibility index (Phi) is 10.3. The number of halogens is 1. The van der Waals surface area contributed by atoms with E-state index in [0.717, 1.165) is 32.1 Å². The molecule has 1 amide bonds. The Bertz CT molecular complexity index is 2290. The number of piperidine rings is 1. The first-order chi connectivity index (χ1) is 25.4. The molecule has 11 nitrogen and oxygen atoms in total. The van der Waals surface area contributed by atoms with Crippen LogP contribution in [-0.4, -0.2) is 65.8 Å². The molecule has 6 aromatic rings. The number of rotatable bonds is 12. The fourth-order valence-corrected chi connectivity index (χ4v) is 6.40. The molecule has 1 aliphatic rings. The number of amides is 1. The second kappa shape index (κ2) is 15.5. The van der Waals surface area contributed by atoms with Crippen molar-refractivity contribution >= 4 is 33.5 Å². The van der Waals surface area contributed by atoms with Crippen LogP contribution in [0.25, 0.3) is 27.6 Å². The molecule has 0 aliphatic carbocycles. The van der Waals surface area contributed by atoms with Crippen molar-refractivity contribution in [1.82, 2.24) is 19.4 Å². The molecule has 12 heteroatoms. The lowest BCUT2D eigenvalue weighted by Gasteiger charge is -2.26. The number of nitrogens with one attached hydrogen (secondary N) is 1. The quantitative estimate of drug-likeness (QED) is 0.130. The normalized spacial score (nSPS) is 13.2. The van der Waals surface area contributed by atoms with Crippen LogP contribution < -0.4 is 29.8 Å². The van der Waals surface area contributed by atoms with Crippen LogP contribution in [0.5, 0.6) is 28.7 Å². The molecule has 1 aliphatic heterocycles. The highest BCUT2D eigenvalue weighted by Gasteiger charge is 2.20. The van der Waals surface area contributed by atoms with E-state index >= 15 is 4.39 Å². The molecule has 1 N–H and O–H groups in total. The number of nitrogens with zero attached hydrogens (tertiary/aromatic N) is 4. The van der Waals surface area contributed by atoms with Crippen LogP contribution >= 0.6 is 0 Å². The van der Waals surface area contributed by atoms with Crippen molar-refractivity contribution < 1.29 is 28.1 Å². The van der Waals surface area contributed by atoms with E-state index in [9.17, 15) is 9.59 Å². The maximum Gasteiger partial charge on any atom is 0.269 e. The Morgan fingerprint density at radius 3 is 2.44 bits per heavy atom. The third-order valence-electron chi connectivity index (χ3n) is 9.06. The largest absolute Gasteiger partial charge is 0.497 e. The lowest BCUT2D eigenvalue weighted by molar-refractivity contribution is 0.102. The summed E-state index contributed by atoms with van der Waals surface area (Å²) in [7, 11) is 3.11. The predicted octanol–water partition coefficient (Wildman–Crippen LogP) is 7.39. The summed E-state index contributed by atoms with van der Waals surface area (Å²) < 4.78 is 39.9. The fraction of sp³-hybridized carbons (Fsp3) is 0.250. The zero-order valence-corrected chi connectivity index (χ0v) is 28.9. The molecule has 0 spiro atoms. The molecule has 3 aromatic heterocycles. The second-order valence-corrected chi connectivity index (χ2v) is 12.4. The molecular weight excluding hydrogens is 665 g/mol. The summed E-state index contributed by atoms with van der Waals surface area (Å²) in [6.45, 7) is 3.81. The maximum absolute atomic E-state index is 15.5. The number of anilines is 1. The van der Waals surface area contributed by atoms with Gasteiger partial charge in [-0.05, 0) is 99.1 Å². The van der Waals surface area contributed by atoms with Gasteiger partial charge in [-0.1, -0.05) is 6.42 Å². The predicted molar refractivity (Wildman–Crippen MR) is 197 cm³/mol. The maximum atomic E-state index is 15.5. The molecule has 52 heavy (non-hydrogen) atoms. The van der Waals surface area contributed by atoms with Gasteiger partial charge in [0.2, 0.25) is 0 Å². The number of ether oxygens (including phenoxy) is 4. The summed E-state index contributed by atoms with van der Waals surface area (Å²) in [5, 5.41) is 3.83. The van der Waals surface area contributed by atoms with Crippen molar-refractivity contribution in [3.63, 3.8) is 0 Å². The minimum absolute atomic E-state index is 0.0684. The Labute approximate surface area is 299 Å². The van der Waals surface area contributed by atoms with Crippen molar-refractivity contribution in [3.8, 4) is 34.4 Å². The van der Waals surface area contributed by atoms with Gasteiger partial charge in [0.25, 0.3) is 11.5 Å². The average molecular weight is 704 g/mol. The molecule has 0 saturated carbocycles. The minimum Gasteiger partial charge on any atom is -0.497 e. The van der Waals surface area contributed by atoms with Gasteiger partial charge in [0, 0.05) is 47.5 Å². The summed E-state index contributed by atoms with van der Waals surface area (Å²) >= 11 is 0. The van der Waals surface area contributed by atoms with E-state index in [4.69, 9.17) is 18.9 Å². The molecule has 266 valence electrons. The van der Waals surface area contributed by atoms with Gasteiger partial charge < -0.3 is 29.2 Å². The van der Waals surface area contributed by atoms with E-state index in [0.29, 0.717) is 57.2 Å². The van der Waals surface area contributed by atoms with Gasteiger partial charge in [0.1, 0.15) is 22.7 Å². The number of aromatic nitrogens is 3. The number of carbonyl (C=O) groups excluding carboxylic acids is 1. The Morgan fingerprint density at radius 1 is 0.846 bits per heavy atom. The zero-order chi connectivity index (χ0) is 36.0. The molecule has 7 rings (SSSR count). The smallest absolute Gasteiger partial charge is 0.269 e. The van der Waals surface area contributed by atoms with Crippen LogP contribution in [-0.2, 0) is 0 Å². The second-order valence-electron chi connectivity index (χ2n) is 12.4. The molecule has 0 atom stereocenters. The van der Waals surface area contributed by atoms with E-state index in [1.807, 2.05) is 0 Å². The average Bonchev–Trinajstić information content (AvgIpc) is 3.17. The van der Waals surface area contributed by atoms with Crippen LogP contribution in [0, 0.1) is 5.82 Å². The van der Waals surface area contributed by atoms with Crippen LogP contribution in [0.2, 0.25) is 0 Å². The first-order valence-electron chi connectivity index (χ1n) is 17.2. The summed E-state index contributed by atoms with van der Waals surface area (Å²) in [6, 6.07) is 21.0. The van der Waals surface area contributed by atoms with Gasteiger partial charge in [-0.25, -0.2) is 9.37 Å². The van der Waals surface area contributed by atoms with Gasteiger partial charge in [0.15, 0.2) is 23.1 Å². The van der Waals surface area contributed by atoms with Gasteiger partial charge >= 0.3 is 0 Å². The van der Waals surface area contributed by atoms with Gasteiger partial charge in [-0.3, -0.25) is 19.1 Å². The zero-order valence-electron chi connectivity index (χ0n) is 28.9. The van der Waals surface area contributed by atoms with E-state index in [1.54, 1.807) is 81.2 Å². The molecule has 0 unspecified atom stereocenters. The molecule has 0 radical (unpaired) electrons. The number of fused-ring (bicyclic) bond motifs is 2. The monoisotopic (exact) mass is 703 g/mol.